The fourth-order valence-corrected chi connectivity index (χ4v) is 4.37. The zero-order valence-electron chi connectivity index (χ0n) is 16.4. The topological polar surface area (TPSA) is 70.2 Å². The highest BCUT2D eigenvalue weighted by molar-refractivity contribution is 5.95. The standard InChI is InChI=1S/C22H33N3O2/c1-16(17-10-12-23-13-11-17)14-21(26)24-19-8-5-9-20(15-19)25-22(27)18-6-3-2-4-7-18/h5,8-9,15-18,23H,2-4,6-7,10-14H2,1H3,(H,24,26)(H,25,27). The van der Waals surface area contributed by atoms with E-state index in [0.29, 0.717) is 18.3 Å². The second-order valence-corrected chi connectivity index (χ2v) is 8.22. The molecule has 1 aliphatic carbocycles. The van der Waals surface area contributed by atoms with Gasteiger partial charge in [0.2, 0.25) is 11.8 Å². The van der Waals surface area contributed by atoms with E-state index < -0.39 is 0 Å². The molecule has 1 saturated carbocycles. The second-order valence-electron chi connectivity index (χ2n) is 8.22. The van der Waals surface area contributed by atoms with Crippen LogP contribution in [0, 0.1) is 17.8 Å². The number of nitrogens with one attached hydrogen (secondary N) is 3. The van der Waals surface area contributed by atoms with Gasteiger partial charge in [0.25, 0.3) is 0 Å². The summed E-state index contributed by atoms with van der Waals surface area (Å²) >= 11 is 0. The minimum absolute atomic E-state index is 0.0526. The highest BCUT2D eigenvalue weighted by Gasteiger charge is 2.23. The van der Waals surface area contributed by atoms with Gasteiger partial charge in [-0.1, -0.05) is 32.3 Å². The van der Waals surface area contributed by atoms with E-state index in [4.69, 9.17) is 0 Å². The van der Waals surface area contributed by atoms with Gasteiger partial charge >= 0.3 is 0 Å². The van der Waals surface area contributed by atoms with Crippen LogP contribution in [0.25, 0.3) is 0 Å². The quantitative estimate of drug-likeness (QED) is 0.703. The van der Waals surface area contributed by atoms with Crippen molar-refractivity contribution in [3.63, 3.8) is 0 Å². The van der Waals surface area contributed by atoms with Gasteiger partial charge in [0, 0.05) is 23.7 Å². The van der Waals surface area contributed by atoms with Crippen molar-refractivity contribution in [2.45, 2.75) is 58.3 Å². The third-order valence-corrected chi connectivity index (χ3v) is 6.09. The first-order chi connectivity index (χ1) is 13.1. The maximum atomic E-state index is 12.4. The fraction of sp³-hybridized carbons (Fsp3) is 0.636. The van der Waals surface area contributed by atoms with Crippen LogP contribution in [0.2, 0.25) is 0 Å². The number of piperidine rings is 1. The lowest BCUT2D eigenvalue weighted by atomic mass is 9.84. The molecule has 0 bridgehead atoms. The molecule has 1 heterocycles. The Bertz CT molecular complexity index is 634. The van der Waals surface area contributed by atoms with Crippen molar-refractivity contribution in [1.82, 2.24) is 5.32 Å². The molecule has 1 aromatic rings. The van der Waals surface area contributed by atoms with Crippen molar-refractivity contribution < 1.29 is 9.59 Å². The van der Waals surface area contributed by atoms with E-state index in [1.54, 1.807) is 0 Å². The Kier molecular flexibility index (Phi) is 7.27. The van der Waals surface area contributed by atoms with Gasteiger partial charge in [-0.15, -0.1) is 0 Å². The van der Waals surface area contributed by atoms with Crippen molar-refractivity contribution in [2.75, 3.05) is 23.7 Å². The molecule has 3 N–H and O–H groups in total. The molecule has 0 radical (unpaired) electrons. The Morgan fingerprint density at radius 2 is 1.70 bits per heavy atom. The molecule has 0 spiro atoms. The number of hydrogen-bond acceptors (Lipinski definition) is 3. The molecule has 1 saturated heterocycles. The minimum atomic E-state index is 0.0526. The zero-order valence-corrected chi connectivity index (χ0v) is 16.4. The summed E-state index contributed by atoms with van der Waals surface area (Å²) < 4.78 is 0. The van der Waals surface area contributed by atoms with Crippen molar-refractivity contribution in [1.29, 1.82) is 0 Å². The molecule has 2 fully saturated rings. The van der Waals surface area contributed by atoms with Gasteiger partial charge in [-0.2, -0.15) is 0 Å². The average Bonchev–Trinajstić information content (AvgIpc) is 2.69. The third kappa shape index (κ3) is 6.06. The Balaban J connectivity index is 1.50. The lowest BCUT2D eigenvalue weighted by Gasteiger charge is -2.27. The largest absolute Gasteiger partial charge is 0.326 e. The molecule has 1 aromatic carbocycles. The summed E-state index contributed by atoms with van der Waals surface area (Å²) in [6, 6.07) is 7.49. The van der Waals surface area contributed by atoms with E-state index in [2.05, 4.69) is 22.9 Å². The smallest absolute Gasteiger partial charge is 0.227 e. The van der Waals surface area contributed by atoms with E-state index in [-0.39, 0.29) is 17.7 Å². The highest BCUT2D eigenvalue weighted by atomic mass is 16.2. The molecule has 0 aromatic heterocycles. The molecule has 1 unspecified atom stereocenters. The lowest BCUT2D eigenvalue weighted by molar-refractivity contribution is -0.120. The second kappa shape index (κ2) is 9.88. The van der Waals surface area contributed by atoms with Crippen molar-refractivity contribution in [2.24, 2.45) is 17.8 Å². The van der Waals surface area contributed by atoms with Crippen LogP contribution in [0.5, 0.6) is 0 Å². The molecule has 5 nitrogen and oxygen atoms in total. The SMILES string of the molecule is CC(CC(=O)Nc1cccc(NC(=O)C2CCCCC2)c1)C1CCNCC1. The van der Waals surface area contributed by atoms with E-state index >= 15 is 0 Å². The van der Waals surface area contributed by atoms with Gasteiger partial charge in [0.1, 0.15) is 0 Å². The molecule has 5 heteroatoms. The Morgan fingerprint density at radius 3 is 2.41 bits per heavy atom. The summed E-state index contributed by atoms with van der Waals surface area (Å²) in [7, 11) is 0. The Morgan fingerprint density at radius 1 is 1.04 bits per heavy atom. The molecule has 2 amide bonds. The molecule has 1 atom stereocenters. The monoisotopic (exact) mass is 371 g/mol. The third-order valence-electron chi connectivity index (χ3n) is 6.09. The van der Waals surface area contributed by atoms with Crippen LogP contribution in [0.4, 0.5) is 11.4 Å². The first-order valence-corrected chi connectivity index (χ1v) is 10.5. The molecular formula is C22H33N3O2. The molecule has 2 aliphatic rings. The average molecular weight is 372 g/mol. The van der Waals surface area contributed by atoms with Gasteiger partial charge in [0.05, 0.1) is 0 Å². The van der Waals surface area contributed by atoms with Crippen LogP contribution >= 0.6 is 0 Å². The molecular weight excluding hydrogens is 338 g/mol. The Labute approximate surface area is 162 Å². The maximum absolute atomic E-state index is 12.4. The van der Waals surface area contributed by atoms with Crippen LogP contribution in [0.1, 0.15) is 58.3 Å². The summed E-state index contributed by atoms with van der Waals surface area (Å²) in [5.74, 6) is 1.30. The summed E-state index contributed by atoms with van der Waals surface area (Å²) in [5, 5.41) is 9.39. The first kappa shape index (κ1) is 19.9. The molecule has 27 heavy (non-hydrogen) atoms. The van der Waals surface area contributed by atoms with E-state index in [1.807, 2.05) is 24.3 Å². The van der Waals surface area contributed by atoms with Crippen LogP contribution in [-0.2, 0) is 9.59 Å². The zero-order chi connectivity index (χ0) is 19.1. The molecule has 3 rings (SSSR count). The van der Waals surface area contributed by atoms with E-state index in [1.165, 1.54) is 6.42 Å². The van der Waals surface area contributed by atoms with Crippen LogP contribution in [-0.4, -0.2) is 24.9 Å². The summed E-state index contributed by atoms with van der Waals surface area (Å²) in [5.41, 5.74) is 1.51. The maximum Gasteiger partial charge on any atom is 0.227 e. The van der Waals surface area contributed by atoms with Crippen molar-refractivity contribution in [3.8, 4) is 0 Å². The first-order valence-electron chi connectivity index (χ1n) is 10.5. The number of benzene rings is 1. The van der Waals surface area contributed by atoms with Crippen molar-refractivity contribution >= 4 is 23.2 Å². The number of carbonyl (C=O) groups is 2. The predicted octanol–water partition coefficient (Wildman–Crippen LogP) is 4.17. The van der Waals surface area contributed by atoms with Gasteiger partial charge in [-0.3, -0.25) is 9.59 Å². The summed E-state index contributed by atoms with van der Waals surface area (Å²) in [6.07, 6.45) is 8.33. The number of carbonyl (C=O) groups excluding carboxylic acids is 2. The normalized spacial score (nSPS) is 20.0. The van der Waals surface area contributed by atoms with Gasteiger partial charge in [-0.25, -0.2) is 0 Å². The summed E-state index contributed by atoms with van der Waals surface area (Å²) in [6.45, 7) is 4.29. The number of hydrogen-bond donors (Lipinski definition) is 3. The summed E-state index contributed by atoms with van der Waals surface area (Å²) in [4.78, 5) is 24.9. The van der Waals surface area contributed by atoms with E-state index in [0.717, 1.165) is 63.0 Å². The van der Waals surface area contributed by atoms with Crippen LogP contribution in [0.15, 0.2) is 24.3 Å². The van der Waals surface area contributed by atoms with Crippen LogP contribution in [0.3, 0.4) is 0 Å². The van der Waals surface area contributed by atoms with Gasteiger partial charge in [0.15, 0.2) is 0 Å². The number of amides is 2. The van der Waals surface area contributed by atoms with Crippen molar-refractivity contribution in [3.05, 3.63) is 24.3 Å². The minimum Gasteiger partial charge on any atom is -0.326 e. The lowest BCUT2D eigenvalue weighted by Crippen LogP contribution is -2.32. The highest BCUT2D eigenvalue weighted by Crippen LogP contribution is 2.26. The molecule has 1 aliphatic heterocycles. The number of rotatable bonds is 6. The Hall–Kier alpha value is -1.88. The molecule has 148 valence electrons. The van der Waals surface area contributed by atoms with E-state index in [9.17, 15) is 9.59 Å². The predicted molar refractivity (Wildman–Crippen MR) is 110 cm³/mol. The number of anilines is 2. The van der Waals surface area contributed by atoms with Gasteiger partial charge in [-0.05, 0) is 68.8 Å². The van der Waals surface area contributed by atoms with Crippen LogP contribution < -0.4 is 16.0 Å². The van der Waals surface area contributed by atoms with Gasteiger partial charge < -0.3 is 16.0 Å². The fourth-order valence-electron chi connectivity index (χ4n) is 4.37.